The van der Waals surface area contributed by atoms with Gasteiger partial charge in [-0.2, -0.15) is 0 Å². The Kier molecular flexibility index (Phi) is 6.30. The molecule has 1 aromatic rings. The molecule has 4 N–H and O–H groups in total. The van der Waals surface area contributed by atoms with Crippen LogP contribution >= 0.6 is 12.4 Å². The lowest BCUT2D eigenvalue weighted by molar-refractivity contribution is 0.0938. The van der Waals surface area contributed by atoms with E-state index in [1.165, 1.54) is 0 Å². The van der Waals surface area contributed by atoms with Crippen molar-refractivity contribution in [1.82, 2.24) is 15.5 Å². The Morgan fingerprint density at radius 1 is 1.43 bits per heavy atom. The standard InChI is InChI=1S/C14H20N4O2.ClH/c1-2-16-14(20)18-7-6-12(9-18)17-13(19)10-4-3-5-11(15)8-10;/h3-5,8,12H,2,6-7,9,15H2,1H3,(H,16,20)(H,17,19);1H. The van der Waals surface area contributed by atoms with Crippen LogP contribution in [0.25, 0.3) is 0 Å². The molecule has 1 aliphatic rings. The third kappa shape index (κ3) is 4.53. The largest absolute Gasteiger partial charge is 0.399 e. The molecule has 1 heterocycles. The van der Waals surface area contributed by atoms with Crippen LogP contribution < -0.4 is 16.4 Å². The zero-order valence-electron chi connectivity index (χ0n) is 12.0. The molecular weight excluding hydrogens is 292 g/mol. The zero-order valence-corrected chi connectivity index (χ0v) is 12.8. The molecule has 0 aliphatic carbocycles. The number of nitrogens with two attached hydrogens (primary N) is 1. The number of carbonyl (C=O) groups is 2. The first-order valence-corrected chi connectivity index (χ1v) is 6.79. The summed E-state index contributed by atoms with van der Waals surface area (Å²) in [7, 11) is 0. The Bertz CT molecular complexity index is 510. The number of halogens is 1. The molecule has 1 unspecified atom stereocenters. The van der Waals surface area contributed by atoms with Crippen molar-refractivity contribution < 1.29 is 9.59 Å². The summed E-state index contributed by atoms with van der Waals surface area (Å²) in [4.78, 5) is 25.5. The Balaban J connectivity index is 0.00000220. The van der Waals surface area contributed by atoms with Gasteiger partial charge in [-0.25, -0.2) is 4.79 Å². The summed E-state index contributed by atoms with van der Waals surface area (Å²) in [5.74, 6) is -0.153. The van der Waals surface area contributed by atoms with Crippen LogP contribution in [-0.4, -0.2) is 42.5 Å². The molecule has 6 nitrogen and oxygen atoms in total. The third-order valence-electron chi connectivity index (χ3n) is 3.29. The molecule has 2 rings (SSSR count). The van der Waals surface area contributed by atoms with Crippen LogP contribution in [0.5, 0.6) is 0 Å². The first-order chi connectivity index (χ1) is 9.60. The number of hydrogen-bond acceptors (Lipinski definition) is 3. The number of amides is 3. The molecule has 1 aromatic carbocycles. The Morgan fingerprint density at radius 3 is 2.86 bits per heavy atom. The van der Waals surface area contributed by atoms with Crippen molar-refractivity contribution in [3.8, 4) is 0 Å². The van der Waals surface area contributed by atoms with E-state index >= 15 is 0 Å². The van der Waals surface area contributed by atoms with E-state index in [0.29, 0.717) is 30.9 Å². The molecule has 7 heteroatoms. The summed E-state index contributed by atoms with van der Waals surface area (Å²) in [6.45, 7) is 3.69. The fraction of sp³-hybridized carbons (Fsp3) is 0.429. The van der Waals surface area contributed by atoms with Crippen molar-refractivity contribution in [3.63, 3.8) is 0 Å². The highest BCUT2D eigenvalue weighted by molar-refractivity contribution is 5.95. The summed E-state index contributed by atoms with van der Waals surface area (Å²) in [5.41, 5.74) is 6.76. The highest BCUT2D eigenvalue weighted by Gasteiger charge is 2.27. The van der Waals surface area contributed by atoms with Gasteiger partial charge in [0, 0.05) is 36.9 Å². The van der Waals surface area contributed by atoms with Crippen molar-refractivity contribution >= 4 is 30.0 Å². The van der Waals surface area contributed by atoms with Crippen LogP contribution in [-0.2, 0) is 0 Å². The summed E-state index contributed by atoms with van der Waals surface area (Å²) in [6.07, 6.45) is 0.769. The molecule has 0 saturated carbocycles. The molecule has 0 bridgehead atoms. The number of nitrogen functional groups attached to an aromatic ring is 1. The highest BCUT2D eigenvalue weighted by atomic mass is 35.5. The van der Waals surface area contributed by atoms with Gasteiger partial charge in [0.1, 0.15) is 0 Å². The van der Waals surface area contributed by atoms with Crippen LogP contribution in [0.3, 0.4) is 0 Å². The molecule has 0 spiro atoms. The molecule has 3 amide bonds. The second kappa shape index (κ2) is 7.73. The van der Waals surface area contributed by atoms with Crippen LogP contribution in [0.4, 0.5) is 10.5 Å². The minimum absolute atomic E-state index is 0. The molecule has 21 heavy (non-hydrogen) atoms. The number of nitrogens with one attached hydrogen (secondary N) is 2. The van der Waals surface area contributed by atoms with Crippen LogP contribution in [0.2, 0.25) is 0 Å². The van der Waals surface area contributed by atoms with Gasteiger partial charge in [0.25, 0.3) is 5.91 Å². The van der Waals surface area contributed by atoms with Crippen molar-refractivity contribution in [2.75, 3.05) is 25.4 Å². The molecule has 116 valence electrons. The number of hydrogen-bond donors (Lipinski definition) is 3. The maximum absolute atomic E-state index is 12.1. The Morgan fingerprint density at radius 2 is 2.19 bits per heavy atom. The second-order valence-electron chi connectivity index (χ2n) is 4.87. The number of nitrogens with zero attached hydrogens (tertiary/aromatic N) is 1. The normalized spacial score (nSPS) is 17.0. The summed E-state index contributed by atoms with van der Waals surface area (Å²) in [6, 6.07) is 6.77. The number of likely N-dealkylation sites (tertiary alicyclic amines) is 1. The van der Waals surface area contributed by atoms with E-state index in [4.69, 9.17) is 5.73 Å². The first kappa shape index (κ1) is 17.1. The molecule has 0 radical (unpaired) electrons. The van der Waals surface area contributed by atoms with E-state index in [1.54, 1.807) is 29.2 Å². The average Bonchev–Trinajstić information content (AvgIpc) is 2.87. The topological polar surface area (TPSA) is 87.5 Å². The molecular formula is C14H21ClN4O2. The van der Waals surface area contributed by atoms with Crippen molar-refractivity contribution in [3.05, 3.63) is 29.8 Å². The summed E-state index contributed by atoms with van der Waals surface area (Å²) >= 11 is 0. The second-order valence-corrected chi connectivity index (χ2v) is 4.87. The van der Waals surface area contributed by atoms with E-state index in [2.05, 4.69) is 10.6 Å². The predicted octanol–water partition coefficient (Wildman–Crippen LogP) is 1.22. The zero-order chi connectivity index (χ0) is 14.5. The van der Waals surface area contributed by atoms with Crippen LogP contribution in [0.1, 0.15) is 23.7 Å². The fourth-order valence-corrected chi connectivity index (χ4v) is 2.27. The van der Waals surface area contributed by atoms with Gasteiger partial charge in [0.2, 0.25) is 0 Å². The van der Waals surface area contributed by atoms with Crippen molar-refractivity contribution in [2.45, 2.75) is 19.4 Å². The maximum Gasteiger partial charge on any atom is 0.317 e. The average molecular weight is 313 g/mol. The van der Waals surface area contributed by atoms with Crippen LogP contribution in [0, 0.1) is 0 Å². The first-order valence-electron chi connectivity index (χ1n) is 6.79. The molecule has 0 aromatic heterocycles. The summed E-state index contributed by atoms with van der Waals surface area (Å²) in [5, 5.41) is 5.69. The Labute approximate surface area is 130 Å². The van der Waals surface area contributed by atoms with Gasteiger partial charge in [0.05, 0.1) is 0 Å². The molecule has 1 saturated heterocycles. The van der Waals surface area contributed by atoms with Gasteiger partial charge >= 0.3 is 6.03 Å². The number of carbonyl (C=O) groups excluding carboxylic acids is 2. The molecule has 1 aliphatic heterocycles. The lowest BCUT2D eigenvalue weighted by Gasteiger charge is -2.17. The summed E-state index contributed by atoms with van der Waals surface area (Å²) < 4.78 is 0. The number of urea groups is 1. The number of anilines is 1. The van der Waals surface area contributed by atoms with Crippen molar-refractivity contribution in [2.24, 2.45) is 0 Å². The lowest BCUT2D eigenvalue weighted by Crippen LogP contribution is -2.42. The SMILES string of the molecule is CCNC(=O)N1CCC(NC(=O)c2cccc(N)c2)C1.Cl. The van der Waals surface area contributed by atoms with Gasteiger partial charge in [-0.15, -0.1) is 12.4 Å². The van der Waals surface area contributed by atoms with Crippen molar-refractivity contribution in [1.29, 1.82) is 0 Å². The predicted molar refractivity (Wildman–Crippen MR) is 84.6 cm³/mol. The van der Waals surface area contributed by atoms with E-state index in [-0.39, 0.29) is 30.4 Å². The van der Waals surface area contributed by atoms with Gasteiger partial charge in [-0.1, -0.05) is 6.07 Å². The van der Waals surface area contributed by atoms with Crippen LogP contribution in [0.15, 0.2) is 24.3 Å². The van der Waals surface area contributed by atoms with E-state index in [0.717, 1.165) is 6.42 Å². The fourth-order valence-electron chi connectivity index (χ4n) is 2.27. The lowest BCUT2D eigenvalue weighted by atomic mass is 10.1. The molecule has 1 fully saturated rings. The molecule has 1 atom stereocenters. The quantitative estimate of drug-likeness (QED) is 0.733. The van der Waals surface area contributed by atoms with Gasteiger partial charge in [-0.05, 0) is 31.5 Å². The third-order valence-corrected chi connectivity index (χ3v) is 3.29. The van der Waals surface area contributed by atoms with Gasteiger partial charge in [-0.3, -0.25) is 4.79 Å². The maximum atomic E-state index is 12.1. The number of rotatable bonds is 3. The Hall–Kier alpha value is -1.95. The van der Waals surface area contributed by atoms with E-state index in [1.807, 2.05) is 6.92 Å². The van der Waals surface area contributed by atoms with E-state index < -0.39 is 0 Å². The van der Waals surface area contributed by atoms with Gasteiger partial charge < -0.3 is 21.3 Å². The minimum atomic E-state index is -0.153. The smallest absolute Gasteiger partial charge is 0.317 e. The highest BCUT2D eigenvalue weighted by Crippen LogP contribution is 2.11. The van der Waals surface area contributed by atoms with Gasteiger partial charge in [0.15, 0.2) is 0 Å². The monoisotopic (exact) mass is 312 g/mol. The minimum Gasteiger partial charge on any atom is -0.399 e. The number of benzene rings is 1. The van der Waals surface area contributed by atoms with E-state index in [9.17, 15) is 9.59 Å².